The molecule has 0 aromatic heterocycles. The second-order valence-corrected chi connectivity index (χ2v) is 2.82. The molecular formula is C10H8FNO4. The Morgan fingerprint density at radius 2 is 2.25 bits per heavy atom. The monoisotopic (exact) mass is 225 g/mol. The van der Waals surface area contributed by atoms with Crippen molar-refractivity contribution in [1.29, 1.82) is 0 Å². The Morgan fingerprint density at radius 1 is 1.56 bits per heavy atom. The minimum atomic E-state index is -0.661. The molecule has 0 aliphatic carbocycles. The molecule has 0 aliphatic rings. The third-order valence-electron chi connectivity index (χ3n) is 1.79. The topological polar surface area (TPSA) is 69.4 Å². The maximum atomic E-state index is 13.2. The highest BCUT2D eigenvalue weighted by Crippen LogP contribution is 2.17. The zero-order chi connectivity index (χ0) is 12.1. The molecule has 0 saturated heterocycles. The van der Waals surface area contributed by atoms with Crippen LogP contribution in [0.4, 0.5) is 10.1 Å². The fraction of sp³-hybridized carbons (Fsp3) is 0.100. The van der Waals surface area contributed by atoms with Gasteiger partial charge in [0, 0.05) is 23.8 Å². The molecule has 0 N–H and O–H groups in total. The first-order chi connectivity index (χ1) is 7.54. The lowest BCUT2D eigenvalue weighted by molar-refractivity contribution is -0.384. The van der Waals surface area contributed by atoms with Crippen molar-refractivity contribution in [2.45, 2.75) is 0 Å². The van der Waals surface area contributed by atoms with Gasteiger partial charge in [-0.1, -0.05) is 0 Å². The minimum absolute atomic E-state index is 0.0420. The van der Waals surface area contributed by atoms with Crippen molar-refractivity contribution in [2.24, 2.45) is 0 Å². The average Bonchev–Trinajstić information content (AvgIpc) is 2.27. The van der Waals surface area contributed by atoms with Crippen LogP contribution in [-0.2, 0) is 9.53 Å². The molecule has 1 aromatic rings. The number of ether oxygens (including phenoxy) is 1. The van der Waals surface area contributed by atoms with Crippen molar-refractivity contribution < 1.29 is 18.8 Å². The Bertz CT molecular complexity index is 456. The van der Waals surface area contributed by atoms with Crippen LogP contribution in [0.3, 0.4) is 0 Å². The predicted molar refractivity (Wildman–Crippen MR) is 54.1 cm³/mol. The van der Waals surface area contributed by atoms with Gasteiger partial charge in [0.25, 0.3) is 5.69 Å². The number of nitrogens with zero attached hydrogens (tertiary/aromatic N) is 1. The van der Waals surface area contributed by atoms with Gasteiger partial charge in [-0.15, -0.1) is 0 Å². The lowest BCUT2D eigenvalue weighted by atomic mass is 10.2. The average molecular weight is 225 g/mol. The molecule has 0 saturated carbocycles. The number of carbonyl (C=O) groups excluding carboxylic acids is 1. The Hall–Kier alpha value is -2.24. The molecule has 5 nitrogen and oxygen atoms in total. The Kier molecular flexibility index (Phi) is 3.71. The summed E-state index contributed by atoms with van der Waals surface area (Å²) in [5, 5.41) is 10.4. The standard InChI is InChI=1S/C10H8FNO4/c1-16-10(13)5-2-7-6-8(12(14)15)3-4-9(7)11/h2-6H,1H3/b5-2+. The van der Waals surface area contributed by atoms with Crippen LogP contribution in [0.25, 0.3) is 6.08 Å². The summed E-state index contributed by atoms with van der Waals surface area (Å²) >= 11 is 0. The molecule has 0 fully saturated rings. The van der Waals surface area contributed by atoms with Crippen LogP contribution < -0.4 is 0 Å². The van der Waals surface area contributed by atoms with Crippen LogP contribution >= 0.6 is 0 Å². The number of carbonyl (C=O) groups is 1. The Labute approximate surface area is 90.3 Å². The van der Waals surface area contributed by atoms with Gasteiger partial charge >= 0.3 is 5.97 Å². The molecule has 6 heteroatoms. The Balaban J connectivity index is 3.03. The first-order valence-electron chi connectivity index (χ1n) is 4.24. The highest BCUT2D eigenvalue weighted by atomic mass is 19.1. The van der Waals surface area contributed by atoms with E-state index in [1.807, 2.05) is 0 Å². The van der Waals surface area contributed by atoms with Crippen LogP contribution in [-0.4, -0.2) is 18.0 Å². The second kappa shape index (κ2) is 5.01. The summed E-state index contributed by atoms with van der Waals surface area (Å²) in [7, 11) is 1.18. The van der Waals surface area contributed by atoms with Gasteiger partial charge in [-0.3, -0.25) is 10.1 Å². The zero-order valence-electron chi connectivity index (χ0n) is 8.34. The molecule has 16 heavy (non-hydrogen) atoms. The number of benzene rings is 1. The van der Waals surface area contributed by atoms with E-state index < -0.39 is 16.7 Å². The first-order valence-corrected chi connectivity index (χ1v) is 4.24. The van der Waals surface area contributed by atoms with Crippen LogP contribution in [0.1, 0.15) is 5.56 Å². The molecule has 0 unspecified atom stereocenters. The fourth-order valence-corrected chi connectivity index (χ4v) is 0.998. The molecule has 0 heterocycles. The lowest BCUT2D eigenvalue weighted by Crippen LogP contribution is -1.94. The SMILES string of the molecule is COC(=O)/C=C/c1cc([N+](=O)[O-])ccc1F. The predicted octanol–water partition coefficient (Wildman–Crippen LogP) is 1.92. The zero-order valence-corrected chi connectivity index (χ0v) is 8.34. The number of hydrogen-bond acceptors (Lipinski definition) is 4. The highest BCUT2D eigenvalue weighted by Gasteiger charge is 2.08. The molecule has 0 bridgehead atoms. The van der Waals surface area contributed by atoms with Crippen LogP contribution in [0.15, 0.2) is 24.3 Å². The molecule has 0 spiro atoms. The number of nitro benzene ring substituents is 1. The van der Waals surface area contributed by atoms with Crippen LogP contribution in [0.2, 0.25) is 0 Å². The summed E-state index contributed by atoms with van der Waals surface area (Å²) in [6, 6.07) is 3.05. The number of rotatable bonds is 3. The summed E-state index contributed by atoms with van der Waals surface area (Å²) in [5.74, 6) is -1.31. The number of hydrogen-bond donors (Lipinski definition) is 0. The van der Waals surface area contributed by atoms with E-state index >= 15 is 0 Å². The normalized spacial score (nSPS) is 10.4. The van der Waals surface area contributed by atoms with E-state index in [1.165, 1.54) is 7.11 Å². The van der Waals surface area contributed by atoms with E-state index in [-0.39, 0.29) is 11.3 Å². The quantitative estimate of drug-likeness (QED) is 0.341. The van der Waals surface area contributed by atoms with Gasteiger partial charge in [0.05, 0.1) is 12.0 Å². The van der Waals surface area contributed by atoms with Gasteiger partial charge in [-0.05, 0) is 12.1 Å². The second-order valence-electron chi connectivity index (χ2n) is 2.82. The number of methoxy groups -OCH3 is 1. The van der Waals surface area contributed by atoms with Crippen molar-refractivity contribution in [1.82, 2.24) is 0 Å². The summed E-state index contributed by atoms with van der Waals surface area (Å²) in [6.07, 6.45) is 2.11. The van der Waals surface area contributed by atoms with Crippen molar-refractivity contribution in [3.8, 4) is 0 Å². The summed E-state index contributed by atoms with van der Waals surface area (Å²) in [4.78, 5) is 20.5. The molecule has 0 aliphatic heterocycles. The van der Waals surface area contributed by atoms with E-state index in [2.05, 4.69) is 4.74 Å². The number of non-ortho nitro benzene ring substituents is 1. The smallest absolute Gasteiger partial charge is 0.330 e. The van der Waals surface area contributed by atoms with Gasteiger partial charge in [0.1, 0.15) is 5.82 Å². The summed E-state index contributed by atoms with van der Waals surface area (Å²) < 4.78 is 17.5. The number of halogens is 1. The minimum Gasteiger partial charge on any atom is -0.466 e. The molecular weight excluding hydrogens is 217 g/mol. The third kappa shape index (κ3) is 2.88. The summed E-state index contributed by atoms with van der Waals surface area (Å²) in [6.45, 7) is 0. The van der Waals surface area contributed by atoms with E-state index in [0.717, 1.165) is 30.4 Å². The van der Waals surface area contributed by atoms with Crippen molar-refractivity contribution in [3.63, 3.8) is 0 Å². The van der Waals surface area contributed by atoms with Crippen LogP contribution in [0, 0.1) is 15.9 Å². The maximum absolute atomic E-state index is 13.2. The molecule has 1 rings (SSSR count). The largest absolute Gasteiger partial charge is 0.466 e. The number of esters is 1. The van der Waals surface area contributed by atoms with Crippen molar-refractivity contribution in [3.05, 3.63) is 45.8 Å². The van der Waals surface area contributed by atoms with Crippen molar-refractivity contribution >= 4 is 17.7 Å². The fourth-order valence-electron chi connectivity index (χ4n) is 0.998. The third-order valence-corrected chi connectivity index (χ3v) is 1.79. The highest BCUT2D eigenvalue weighted by molar-refractivity contribution is 5.87. The molecule has 0 atom stereocenters. The molecule has 1 aromatic carbocycles. The molecule has 0 amide bonds. The molecule has 0 radical (unpaired) electrons. The van der Waals surface area contributed by atoms with Gasteiger partial charge in [-0.25, -0.2) is 9.18 Å². The lowest BCUT2D eigenvalue weighted by Gasteiger charge is -1.97. The summed E-state index contributed by atoms with van der Waals surface area (Å²) in [5.41, 5.74) is -0.287. The van der Waals surface area contributed by atoms with Crippen LogP contribution in [0.5, 0.6) is 0 Å². The van der Waals surface area contributed by atoms with Gasteiger partial charge in [0.15, 0.2) is 0 Å². The van der Waals surface area contributed by atoms with Gasteiger partial charge in [0.2, 0.25) is 0 Å². The van der Waals surface area contributed by atoms with E-state index in [1.54, 1.807) is 0 Å². The van der Waals surface area contributed by atoms with Gasteiger partial charge in [-0.2, -0.15) is 0 Å². The van der Waals surface area contributed by atoms with E-state index in [0.29, 0.717) is 0 Å². The van der Waals surface area contributed by atoms with Crippen molar-refractivity contribution in [2.75, 3.05) is 7.11 Å². The maximum Gasteiger partial charge on any atom is 0.330 e. The molecule has 84 valence electrons. The number of nitro groups is 1. The first kappa shape index (κ1) is 11.8. The van der Waals surface area contributed by atoms with E-state index in [4.69, 9.17) is 0 Å². The van der Waals surface area contributed by atoms with E-state index in [9.17, 15) is 19.3 Å². The Morgan fingerprint density at radius 3 is 2.81 bits per heavy atom. The van der Waals surface area contributed by atoms with Gasteiger partial charge < -0.3 is 4.74 Å².